The molecule has 6 rings (SSSR count). The van der Waals surface area contributed by atoms with Crippen molar-refractivity contribution in [3.63, 3.8) is 0 Å². The highest BCUT2D eigenvalue weighted by Gasteiger charge is 2.69. The van der Waals surface area contributed by atoms with E-state index in [-0.39, 0.29) is 35.4 Å². The molecule has 0 spiro atoms. The van der Waals surface area contributed by atoms with Crippen LogP contribution in [0.1, 0.15) is 84.5 Å². The van der Waals surface area contributed by atoms with E-state index in [0.717, 1.165) is 37.6 Å². The van der Waals surface area contributed by atoms with E-state index in [9.17, 15) is 5.11 Å². The van der Waals surface area contributed by atoms with Gasteiger partial charge in [0.05, 0.1) is 17.4 Å². The van der Waals surface area contributed by atoms with Gasteiger partial charge < -0.3 is 26.6 Å². The van der Waals surface area contributed by atoms with Gasteiger partial charge in [0, 0.05) is 24.0 Å². The molecule has 3 aliphatic carbocycles. The molecule has 6 aliphatic rings. The Labute approximate surface area is 183 Å². The lowest BCUT2D eigenvalue weighted by Crippen LogP contribution is -2.78. The largest absolute Gasteiger partial charge is 0.396 e. The summed E-state index contributed by atoms with van der Waals surface area (Å²) in [6.45, 7) is 5.90. The molecule has 0 aromatic carbocycles. The maximum Gasteiger partial charge on any atom is 0.0738 e. The van der Waals surface area contributed by atoms with E-state index in [2.05, 4.69) is 19.2 Å². The molecule has 0 amide bonds. The summed E-state index contributed by atoms with van der Waals surface area (Å²) in [6, 6.07) is 0. The van der Waals surface area contributed by atoms with Crippen molar-refractivity contribution in [1.82, 2.24) is 5.32 Å². The first kappa shape index (κ1) is 21.6. The Hall–Kier alpha value is -0.200. The van der Waals surface area contributed by atoms with E-state index in [1.165, 1.54) is 51.4 Å². The van der Waals surface area contributed by atoms with Crippen LogP contribution >= 0.6 is 0 Å². The molecule has 0 aromatic rings. The second-order valence-corrected chi connectivity index (χ2v) is 12.4. The van der Waals surface area contributed by atoms with Gasteiger partial charge in [0.15, 0.2) is 0 Å². The molecule has 172 valence electrons. The molecule has 5 heteroatoms. The fourth-order valence-electron chi connectivity index (χ4n) is 9.18. The van der Waals surface area contributed by atoms with Gasteiger partial charge in [0.2, 0.25) is 0 Å². The molecule has 3 aliphatic heterocycles. The van der Waals surface area contributed by atoms with E-state index in [4.69, 9.17) is 16.2 Å². The Bertz CT molecular complexity index is 634. The highest BCUT2D eigenvalue weighted by Crippen LogP contribution is 2.65. The van der Waals surface area contributed by atoms with Gasteiger partial charge in [-0.2, -0.15) is 0 Å². The first-order valence-electron chi connectivity index (χ1n) is 12.8. The van der Waals surface area contributed by atoms with Crippen molar-refractivity contribution in [2.75, 3.05) is 13.2 Å². The zero-order valence-corrected chi connectivity index (χ0v) is 19.2. The van der Waals surface area contributed by atoms with Crippen LogP contribution in [0.4, 0.5) is 0 Å². The Morgan fingerprint density at radius 3 is 2.63 bits per heavy atom. The third-order valence-corrected chi connectivity index (χ3v) is 10.1. The molecule has 0 aromatic heterocycles. The minimum atomic E-state index is -0.256. The topological polar surface area (TPSA) is 93.5 Å². The Morgan fingerprint density at radius 1 is 1.07 bits per heavy atom. The van der Waals surface area contributed by atoms with Crippen molar-refractivity contribution in [2.24, 2.45) is 47.0 Å². The summed E-state index contributed by atoms with van der Waals surface area (Å²) in [5.41, 5.74) is 12.8. The molecule has 5 nitrogen and oxygen atoms in total. The van der Waals surface area contributed by atoms with Gasteiger partial charge in [0.25, 0.3) is 0 Å². The van der Waals surface area contributed by atoms with E-state index in [1.807, 2.05) is 0 Å². The van der Waals surface area contributed by atoms with Crippen LogP contribution in [0, 0.1) is 35.5 Å². The minimum absolute atomic E-state index is 0.0721. The first-order valence-corrected chi connectivity index (χ1v) is 12.8. The maximum absolute atomic E-state index is 10.2. The van der Waals surface area contributed by atoms with E-state index in [0.29, 0.717) is 17.8 Å². The molecule has 0 radical (unpaired) electrons. The number of aliphatic hydroxyl groups is 1. The molecule has 3 saturated heterocycles. The predicted octanol–water partition coefficient (Wildman–Crippen LogP) is 3.14. The number of piperidine rings is 1. The lowest BCUT2D eigenvalue weighted by atomic mass is 9.44. The van der Waals surface area contributed by atoms with Gasteiger partial charge in [-0.05, 0) is 102 Å². The molecular formula is C25H45N3O2. The highest BCUT2D eigenvalue weighted by molar-refractivity contribution is 5.21. The van der Waals surface area contributed by atoms with Crippen LogP contribution in [0.5, 0.6) is 0 Å². The van der Waals surface area contributed by atoms with E-state index in [1.54, 1.807) is 0 Å². The summed E-state index contributed by atoms with van der Waals surface area (Å²) in [6.07, 6.45) is 13.7. The standard InChI is InChI=1S/C25H45N3O2/c1-23(2)22-18-7-8-20(14-29)25(22,27)15-24(12-18,30-23)19-5-3-4-16(11-19)10-17-6-9-21(26)28-13-17/h16-22,28-29H,3-15,26-27H2,1-2H3. The SMILES string of the molecule is CC1(C)OC2(C3CCCC(CC4CCC(N)NC4)C3)CC3CCC(CO)C(N)(C2)C31. The summed E-state index contributed by atoms with van der Waals surface area (Å²) < 4.78 is 7.06. The lowest BCUT2D eigenvalue weighted by Gasteiger charge is -2.71. The second kappa shape index (κ2) is 7.69. The van der Waals surface area contributed by atoms with Crippen molar-refractivity contribution in [3.8, 4) is 0 Å². The average molecular weight is 420 g/mol. The first-order chi connectivity index (χ1) is 14.3. The molecule has 6 fully saturated rings. The van der Waals surface area contributed by atoms with Gasteiger partial charge in [-0.15, -0.1) is 0 Å². The second-order valence-electron chi connectivity index (χ2n) is 12.4. The van der Waals surface area contributed by atoms with Gasteiger partial charge in [0.1, 0.15) is 0 Å². The highest BCUT2D eigenvalue weighted by atomic mass is 16.5. The fourth-order valence-corrected chi connectivity index (χ4v) is 9.18. The minimum Gasteiger partial charge on any atom is -0.396 e. The monoisotopic (exact) mass is 419 g/mol. The smallest absolute Gasteiger partial charge is 0.0738 e. The summed E-state index contributed by atoms with van der Waals surface area (Å²) in [7, 11) is 0. The maximum atomic E-state index is 10.2. The van der Waals surface area contributed by atoms with Crippen molar-refractivity contribution in [2.45, 2.75) is 107 Å². The zero-order valence-electron chi connectivity index (χ0n) is 19.2. The van der Waals surface area contributed by atoms with Gasteiger partial charge in [-0.25, -0.2) is 0 Å². The van der Waals surface area contributed by atoms with Crippen molar-refractivity contribution in [1.29, 1.82) is 0 Å². The Kier molecular flexibility index (Phi) is 5.55. The predicted molar refractivity (Wildman–Crippen MR) is 120 cm³/mol. The number of nitrogens with one attached hydrogen (secondary N) is 1. The van der Waals surface area contributed by atoms with Crippen LogP contribution in [0.15, 0.2) is 0 Å². The van der Waals surface area contributed by atoms with Gasteiger partial charge in [-0.1, -0.05) is 12.8 Å². The third-order valence-electron chi connectivity index (χ3n) is 10.1. The van der Waals surface area contributed by atoms with Crippen LogP contribution < -0.4 is 16.8 Å². The van der Waals surface area contributed by atoms with Gasteiger partial charge >= 0.3 is 0 Å². The lowest BCUT2D eigenvalue weighted by molar-refractivity contribution is -0.321. The molecule has 6 N–H and O–H groups in total. The van der Waals surface area contributed by atoms with Crippen molar-refractivity contribution in [3.05, 3.63) is 0 Å². The quantitative estimate of drug-likeness (QED) is 0.562. The van der Waals surface area contributed by atoms with Crippen LogP contribution in [0.25, 0.3) is 0 Å². The molecule has 3 saturated carbocycles. The summed E-state index contributed by atoms with van der Waals surface area (Å²) in [5, 5.41) is 13.7. The van der Waals surface area contributed by atoms with Crippen LogP contribution in [0.3, 0.4) is 0 Å². The number of hydrogen-bond donors (Lipinski definition) is 4. The van der Waals surface area contributed by atoms with Crippen LogP contribution in [-0.4, -0.2) is 41.2 Å². The van der Waals surface area contributed by atoms with Crippen LogP contribution in [0.2, 0.25) is 0 Å². The number of nitrogens with two attached hydrogens (primary N) is 2. The molecule has 30 heavy (non-hydrogen) atoms. The number of ether oxygens (including phenoxy) is 1. The summed E-state index contributed by atoms with van der Waals surface area (Å²) >= 11 is 0. The molecule has 4 bridgehead atoms. The number of aliphatic hydroxyl groups excluding tert-OH is 1. The molecule has 9 atom stereocenters. The third kappa shape index (κ3) is 3.48. The van der Waals surface area contributed by atoms with E-state index < -0.39 is 0 Å². The van der Waals surface area contributed by atoms with Crippen molar-refractivity contribution < 1.29 is 9.84 Å². The van der Waals surface area contributed by atoms with E-state index >= 15 is 0 Å². The van der Waals surface area contributed by atoms with Gasteiger partial charge in [-0.3, -0.25) is 0 Å². The number of hydrogen-bond acceptors (Lipinski definition) is 5. The van der Waals surface area contributed by atoms with Crippen LogP contribution in [-0.2, 0) is 4.74 Å². The Morgan fingerprint density at radius 2 is 1.90 bits per heavy atom. The van der Waals surface area contributed by atoms with Crippen molar-refractivity contribution >= 4 is 0 Å². The summed E-state index contributed by atoms with van der Waals surface area (Å²) in [5.74, 6) is 3.50. The summed E-state index contributed by atoms with van der Waals surface area (Å²) in [4.78, 5) is 0. The molecule has 3 heterocycles. The molecule has 9 unspecified atom stereocenters. The normalized spacial score (nSPS) is 52.9. The number of rotatable bonds is 4. The zero-order chi connectivity index (χ0) is 21.1. The number of fused-ring (bicyclic) bond motifs is 1. The average Bonchev–Trinajstić information content (AvgIpc) is 2.68. The fraction of sp³-hybridized carbons (Fsp3) is 1.00. The molecular weight excluding hydrogens is 374 g/mol. The Balaban J connectivity index is 1.35.